The van der Waals surface area contributed by atoms with Crippen molar-refractivity contribution in [3.05, 3.63) is 95.5 Å². The standard InChI is InChI=1S/C24H16BrN/c25-20-12-9-17(10-13-20)16-5-7-18(8-6-16)19-11-14-24-22(15-19)21-3-1-2-4-23(21)26-24/h1-15,26H. The summed E-state index contributed by atoms with van der Waals surface area (Å²) in [7, 11) is 0. The Kier molecular flexibility index (Phi) is 3.65. The van der Waals surface area contributed by atoms with Crippen LogP contribution in [0.5, 0.6) is 0 Å². The van der Waals surface area contributed by atoms with Crippen LogP contribution in [0.25, 0.3) is 44.1 Å². The van der Waals surface area contributed by atoms with Crippen LogP contribution in [0.15, 0.2) is 95.5 Å². The zero-order valence-corrected chi connectivity index (χ0v) is 15.6. The van der Waals surface area contributed by atoms with E-state index in [2.05, 4.69) is 112 Å². The number of hydrogen-bond donors (Lipinski definition) is 1. The fourth-order valence-corrected chi connectivity index (χ4v) is 3.79. The number of hydrogen-bond acceptors (Lipinski definition) is 0. The van der Waals surface area contributed by atoms with Crippen molar-refractivity contribution in [1.82, 2.24) is 4.98 Å². The van der Waals surface area contributed by atoms with Crippen LogP contribution in [-0.2, 0) is 0 Å². The number of H-pyrrole nitrogens is 1. The average Bonchev–Trinajstić information content (AvgIpc) is 3.07. The second kappa shape index (κ2) is 6.15. The first-order chi connectivity index (χ1) is 12.8. The first-order valence-corrected chi connectivity index (χ1v) is 9.44. The van der Waals surface area contributed by atoms with Gasteiger partial charge in [-0.3, -0.25) is 0 Å². The SMILES string of the molecule is Brc1ccc(-c2ccc(-c3ccc4[nH]c5ccccc5c4c3)cc2)cc1. The molecule has 0 aliphatic heterocycles. The summed E-state index contributed by atoms with van der Waals surface area (Å²) >= 11 is 3.49. The van der Waals surface area contributed by atoms with Gasteiger partial charge in [0.15, 0.2) is 0 Å². The van der Waals surface area contributed by atoms with Gasteiger partial charge in [0.25, 0.3) is 0 Å². The van der Waals surface area contributed by atoms with Gasteiger partial charge in [-0.15, -0.1) is 0 Å². The zero-order chi connectivity index (χ0) is 17.5. The van der Waals surface area contributed by atoms with Gasteiger partial charge in [-0.1, -0.05) is 76.6 Å². The first-order valence-electron chi connectivity index (χ1n) is 8.65. The summed E-state index contributed by atoms with van der Waals surface area (Å²) in [4.78, 5) is 3.49. The number of nitrogens with one attached hydrogen (secondary N) is 1. The van der Waals surface area contributed by atoms with Crippen LogP contribution in [0.4, 0.5) is 0 Å². The molecule has 5 rings (SSSR count). The zero-order valence-electron chi connectivity index (χ0n) is 14.0. The molecular formula is C24H16BrN. The lowest BCUT2D eigenvalue weighted by molar-refractivity contribution is 1.54. The van der Waals surface area contributed by atoms with Crippen molar-refractivity contribution in [1.29, 1.82) is 0 Å². The highest BCUT2D eigenvalue weighted by Gasteiger charge is 2.06. The Balaban J connectivity index is 1.56. The van der Waals surface area contributed by atoms with Crippen LogP contribution >= 0.6 is 15.9 Å². The van der Waals surface area contributed by atoms with Crippen LogP contribution in [-0.4, -0.2) is 4.98 Å². The van der Waals surface area contributed by atoms with E-state index >= 15 is 0 Å². The Morgan fingerprint density at radius 1 is 0.500 bits per heavy atom. The van der Waals surface area contributed by atoms with E-state index in [0.717, 1.165) is 4.47 Å². The summed E-state index contributed by atoms with van der Waals surface area (Å²) in [6, 6.07) is 32.3. The molecule has 0 spiro atoms. The van der Waals surface area contributed by atoms with Crippen molar-refractivity contribution < 1.29 is 0 Å². The highest BCUT2D eigenvalue weighted by Crippen LogP contribution is 2.31. The highest BCUT2D eigenvalue weighted by molar-refractivity contribution is 9.10. The Hall–Kier alpha value is -2.84. The number of rotatable bonds is 2. The molecule has 0 radical (unpaired) electrons. The van der Waals surface area contributed by atoms with E-state index in [1.54, 1.807) is 0 Å². The molecule has 124 valence electrons. The summed E-state index contributed by atoms with van der Waals surface area (Å²) in [6.45, 7) is 0. The van der Waals surface area contributed by atoms with Crippen LogP contribution in [0, 0.1) is 0 Å². The molecule has 0 aliphatic rings. The molecule has 4 aromatic carbocycles. The van der Waals surface area contributed by atoms with Gasteiger partial charge in [0.1, 0.15) is 0 Å². The normalized spacial score (nSPS) is 11.3. The number of aromatic amines is 1. The molecule has 1 N–H and O–H groups in total. The Bertz CT molecular complexity index is 1220. The summed E-state index contributed by atoms with van der Waals surface area (Å²) in [6.07, 6.45) is 0. The minimum Gasteiger partial charge on any atom is -0.355 e. The largest absolute Gasteiger partial charge is 0.355 e. The topological polar surface area (TPSA) is 15.8 Å². The molecule has 0 saturated carbocycles. The quantitative estimate of drug-likeness (QED) is 0.319. The third-order valence-corrected chi connectivity index (χ3v) is 5.43. The Morgan fingerprint density at radius 2 is 1.04 bits per heavy atom. The predicted octanol–water partition coefficient (Wildman–Crippen LogP) is 7.42. The molecule has 5 aromatic rings. The fourth-order valence-electron chi connectivity index (χ4n) is 3.53. The number of benzene rings is 4. The molecule has 0 unspecified atom stereocenters. The fraction of sp³-hybridized carbons (Fsp3) is 0. The monoisotopic (exact) mass is 397 g/mol. The summed E-state index contributed by atoms with van der Waals surface area (Å²) in [5, 5.41) is 2.55. The third-order valence-electron chi connectivity index (χ3n) is 4.90. The summed E-state index contributed by atoms with van der Waals surface area (Å²) in [5.74, 6) is 0. The Morgan fingerprint density at radius 3 is 1.77 bits per heavy atom. The van der Waals surface area contributed by atoms with E-state index in [-0.39, 0.29) is 0 Å². The number of para-hydroxylation sites is 1. The van der Waals surface area contributed by atoms with E-state index in [1.807, 2.05) is 0 Å². The molecule has 2 heteroatoms. The van der Waals surface area contributed by atoms with Gasteiger partial charge in [-0.2, -0.15) is 0 Å². The smallest absolute Gasteiger partial charge is 0.0465 e. The van der Waals surface area contributed by atoms with E-state index in [0.29, 0.717) is 0 Å². The van der Waals surface area contributed by atoms with Crippen LogP contribution in [0.3, 0.4) is 0 Å². The van der Waals surface area contributed by atoms with Gasteiger partial charge in [0.2, 0.25) is 0 Å². The maximum absolute atomic E-state index is 3.49. The van der Waals surface area contributed by atoms with Crippen molar-refractivity contribution in [2.45, 2.75) is 0 Å². The minimum atomic E-state index is 1.10. The minimum absolute atomic E-state index is 1.10. The summed E-state index contributed by atoms with van der Waals surface area (Å²) < 4.78 is 1.10. The van der Waals surface area contributed by atoms with Gasteiger partial charge < -0.3 is 4.98 Å². The van der Waals surface area contributed by atoms with Gasteiger partial charge in [0.05, 0.1) is 0 Å². The van der Waals surface area contributed by atoms with Crippen LogP contribution in [0.1, 0.15) is 0 Å². The molecule has 1 nitrogen and oxygen atoms in total. The highest BCUT2D eigenvalue weighted by atomic mass is 79.9. The summed E-state index contributed by atoms with van der Waals surface area (Å²) in [5.41, 5.74) is 7.30. The molecule has 1 heterocycles. The molecule has 0 atom stereocenters. The molecule has 1 aromatic heterocycles. The van der Waals surface area contributed by atoms with E-state index in [1.165, 1.54) is 44.1 Å². The maximum atomic E-state index is 3.49. The lowest BCUT2D eigenvalue weighted by atomic mass is 9.99. The molecule has 0 fully saturated rings. The first kappa shape index (κ1) is 15.4. The van der Waals surface area contributed by atoms with E-state index < -0.39 is 0 Å². The van der Waals surface area contributed by atoms with E-state index in [4.69, 9.17) is 0 Å². The van der Waals surface area contributed by atoms with Crippen LogP contribution < -0.4 is 0 Å². The van der Waals surface area contributed by atoms with Gasteiger partial charge in [0, 0.05) is 26.3 Å². The van der Waals surface area contributed by atoms with Crippen molar-refractivity contribution >= 4 is 37.7 Å². The van der Waals surface area contributed by atoms with E-state index in [9.17, 15) is 0 Å². The molecule has 0 bridgehead atoms. The molecule has 0 amide bonds. The van der Waals surface area contributed by atoms with Crippen molar-refractivity contribution in [2.75, 3.05) is 0 Å². The van der Waals surface area contributed by atoms with Crippen molar-refractivity contribution in [2.24, 2.45) is 0 Å². The molecule has 26 heavy (non-hydrogen) atoms. The van der Waals surface area contributed by atoms with Gasteiger partial charge in [-0.25, -0.2) is 0 Å². The maximum Gasteiger partial charge on any atom is 0.0465 e. The third kappa shape index (κ3) is 2.63. The number of aromatic nitrogens is 1. The number of fused-ring (bicyclic) bond motifs is 3. The second-order valence-corrected chi connectivity index (χ2v) is 7.43. The van der Waals surface area contributed by atoms with Crippen molar-refractivity contribution in [3.8, 4) is 22.3 Å². The lowest BCUT2D eigenvalue weighted by Crippen LogP contribution is -1.81. The molecular weight excluding hydrogens is 382 g/mol. The second-order valence-electron chi connectivity index (χ2n) is 6.52. The van der Waals surface area contributed by atoms with Gasteiger partial charge >= 0.3 is 0 Å². The van der Waals surface area contributed by atoms with Crippen molar-refractivity contribution in [3.63, 3.8) is 0 Å². The number of halogens is 1. The molecule has 0 aliphatic carbocycles. The average molecular weight is 398 g/mol. The molecule has 0 saturated heterocycles. The van der Waals surface area contributed by atoms with Crippen LogP contribution in [0.2, 0.25) is 0 Å². The Labute approximate surface area is 160 Å². The predicted molar refractivity (Wildman–Crippen MR) is 114 cm³/mol. The lowest BCUT2D eigenvalue weighted by Gasteiger charge is -2.06. The van der Waals surface area contributed by atoms with Gasteiger partial charge in [-0.05, 0) is 52.6 Å².